The van der Waals surface area contributed by atoms with E-state index in [2.05, 4.69) is 51.8 Å². The molecule has 1 unspecified atom stereocenters. The molecule has 0 radical (unpaired) electrons. The first-order valence-corrected chi connectivity index (χ1v) is 9.89. The van der Waals surface area contributed by atoms with Crippen molar-refractivity contribution in [3.05, 3.63) is 53.9 Å². The van der Waals surface area contributed by atoms with Gasteiger partial charge in [-0.2, -0.15) is 0 Å². The number of hydrogen-bond donors (Lipinski definition) is 0. The summed E-state index contributed by atoms with van der Waals surface area (Å²) in [4.78, 5) is 4.24. The van der Waals surface area contributed by atoms with Gasteiger partial charge in [0.1, 0.15) is 0 Å². The molecule has 0 saturated carbocycles. The van der Waals surface area contributed by atoms with Crippen molar-refractivity contribution in [1.29, 1.82) is 0 Å². The minimum Gasteiger partial charge on any atom is -0.377 e. The highest BCUT2D eigenvalue weighted by molar-refractivity contribution is 7.99. The Balaban J connectivity index is 1.75. The summed E-state index contributed by atoms with van der Waals surface area (Å²) in [5.41, 5.74) is 4.52. The van der Waals surface area contributed by atoms with E-state index in [1.165, 1.54) is 11.1 Å². The van der Waals surface area contributed by atoms with E-state index in [1.54, 1.807) is 18.0 Å². The highest BCUT2D eigenvalue weighted by Crippen LogP contribution is 2.31. The minimum atomic E-state index is 0.311. The van der Waals surface area contributed by atoms with Crippen molar-refractivity contribution < 1.29 is 4.74 Å². The first-order valence-electron chi connectivity index (χ1n) is 8.90. The molecule has 26 heavy (non-hydrogen) atoms. The fourth-order valence-corrected chi connectivity index (χ4v) is 4.27. The van der Waals surface area contributed by atoms with Crippen LogP contribution in [0.15, 0.2) is 47.9 Å². The molecule has 3 heterocycles. The van der Waals surface area contributed by atoms with Gasteiger partial charge in [0.05, 0.1) is 11.8 Å². The predicted molar refractivity (Wildman–Crippen MR) is 104 cm³/mol. The molecule has 5 nitrogen and oxygen atoms in total. The van der Waals surface area contributed by atoms with Gasteiger partial charge in [-0.3, -0.25) is 9.55 Å². The molecule has 4 rings (SSSR count). The van der Waals surface area contributed by atoms with E-state index in [-0.39, 0.29) is 0 Å². The summed E-state index contributed by atoms with van der Waals surface area (Å²) in [6, 6.07) is 10.4. The third kappa shape index (κ3) is 3.52. The number of hydrogen-bond acceptors (Lipinski definition) is 5. The van der Waals surface area contributed by atoms with Gasteiger partial charge in [-0.25, -0.2) is 0 Å². The van der Waals surface area contributed by atoms with Gasteiger partial charge in [-0.1, -0.05) is 29.5 Å². The Hall–Kier alpha value is -2.18. The molecular formula is C20H22N4OS. The van der Waals surface area contributed by atoms with E-state index < -0.39 is 0 Å². The van der Waals surface area contributed by atoms with Gasteiger partial charge in [-0.05, 0) is 50.5 Å². The quantitative estimate of drug-likeness (QED) is 0.633. The number of nitrogens with zero attached hydrogens (tertiary/aromatic N) is 4. The molecule has 0 N–H and O–H groups in total. The maximum atomic E-state index is 5.76. The molecule has 1 atom stereocenters. The smallest absolute Gasteiger partial charge is 0.196 e. The number of aryl methyl sites for hydroxylation is 2. The third-order valence-corrected chi connectivity index (χ3v) is 5.63. The fraction of sp³-hybridized carbons (Fsp3) is 0.350. The topological polar surface area (TPSA) is 52.8 Å². The molecule has 1 fully saturated rings. The lowest BCUT2D eigenvalue weighted by Gasteiger charge is -2.14. The van der Waals surface area contributed by atoms with Crippen LogP contribution >= 0.6 is 11.8 Å². The number of pyridine rings is 1. The zero-order valence-corrected chi connectivity index (χ0v) is 15.9. The van der Waals surface area contributed by atoms with Crippen LogP contribution in [0.4, 0.5) is 0 Å². The summed E-state index contributed by atoms with van der Waals surface area (Å²) >= 11 is 1.71. The van der Waals surface area contributed by atoms with Crippen LogP contribution in [-0.4, -0.2) is 38.2 Å². The molecule has 2 aromatic heterocycles. The van der Waals surface area contributed by atoms with Crippen molar-refractivity contribution in [2.45, 2.75) is 37.9 Å². The maximum absolute atomic E-state index is 5.76. The lowest BCUT2D eigenvalue weighted by atomic mass is 10.1. The van der Waals surface area contributed by atoms with Crippen molar-refractivity contribution in [2.24, 2.45) is 0 Å². The van der Waals surface area contributed by atoms with Crippen LogP contribution in [0, 0.1) is 13.8 Å². The molecule has 0 amide bonds. The number of aromatic nitrogens is 4. The molecular weight excluding hydrogens is 344 g/mol. The van der Waals surface area contributed by atoms with Crippen LogP contribution in [0.5, 0.6) is 0 Å². The van der Waals surface area contributed by atoms with Gasteiger partial charge in [0.25, 0.3) is 0 Å². The molecule has 134 valence electrons. The molecule has 3 aromatic rings. The molecule has 6 heteroatoms. The van der Waals surface area contributed by atoms with Crippen LogP contribution in [0.3, 0.4) is 0 Å². The van der Waals surface area contributed by atoms with E-state index in [0.717, 1.165) is 47.4 Å². The Morgan fingerprint density at radius 3 is 2.88 bits per heavy atom. The van der Waals surface area contributed by atoms with Crippen molar-refractivity contribution >= 4 is 11.8 Å². The van der Waals surface area contributed by atoms with Crippen molar-refractivity contribution in [3.8, 4) is 17.1 Å². The van der Waals surface area contributed by atoms with Gasteiger partial charge in [0, 0.05) is 30.3 Å². The highest BCUT2D eigenvalue weighted by atomic mass is 32.2. The number of rotatable bonds is 5. The van der Waals surface area contributed by atoms with E-state index >= 15 is 0 Å². The first kappa shape index (κ1) is 17.2. The Morgan fingerprint density at radius 1 is 1.23 bits per heavy atom. The largest absolute Gasteiger partial charge is 0.377 e. The summed E-state index contributed by atoms with van der Waals surface area (Å²) in [7, 11) is 0. The second-order valence-corrected chi connectivity index (χ2v) is 7.61. The zero-order chi connectivity index (χ0) is 17.9. The van der Waals surface area contributed by atoms with E-state index in [9.17, 15) is 0 Å². The number of ether oxygens (including phenoxy) is 1. The van der Waals surface area contributed by atoms with Crippen molar-refractivity contribution in [1.82, 2.24) is 19.7 Å². The van der Waals surface area contributed by atoms with Crippen molar-refractivity contribution in [2.75, 3.05) is 12.4 Å². The Bertz CT molecular complexity index is 888. The summed E-state index contributed by atoms with van der Waals surface area (Å²) in [5.74, 6) is 1.72. The minimum absolute atomic E-state index is 0.311. The first-order chi connectivity index (χ1) is 12.7. The summed E-state index contributed by atoms with van der Waals surface area (Å²) in [6.45, 7) is 5.11. The third-order valence-electron chi connectivity index (χ3n) is 4.57. The maximum Gasteiger partial charge on any atom is 0.196 e. The van der Waals surface area contributed by atoms with Crippen molar-refractivity contribution in [3.63, 3.8) is 0 Å². The Morgan fingerprint density at radius 2 is 2.15 bits per heavy atom. The van der Waals surface area contributed by atoms with Gasteiger partial charge in [0.15, 0.2) is 11.0 Å². The summed E-state index contributed by atoms with van der Waals surface area (Å²) in [6.07, 6.45) is 6.19. The number of thioether (sulfide) groups is 1. The Labute approximate surface area is 157 Å². The zero-order valence-electron chi connectivity index (χ0n) is 15.1. The molecule has 0 aliphatic carbocycles. The second kappa shape index (κ2) is 7.60. The van der Waals surface area contributed by atoms with E-state index in [4.69, 9.17) is 4.74 Å². The van der Waals surface area contributed by atoms with Gasteiger partial charge in [0.2, 0.25) is 0 Å². The average Bonchev–Trinajstić information content (AvgIpc) is 3.30. The van der Waals surface area contributed by atoms with Crippen LogP contribution in [0.25, 0.3) is 17.1 Å². The molecule has 1 aliphatic rings. The van der Waals surface area contributed by atoms with Gasteiger partial charge < -0.3 is 4.74 Å². The Kier molecular flexibility index (Phi) is 5.04. The van der Waals surface area contributed by atoms with Crippen LogP contribution in [-0.2, 0) is 4.74 Å². The van der Waals surface area contributed by atoms with E-state index in [0.29, 0.717) is 6.10 Å². The predicted octanol–water partition coefficient (Wildman–Crippen LogP) is 4.22. The molecule has 1 saturated heterocycles. The average molecular weight is 366 g/mol. The molecule has 0 bridgehead atoms. The number of benzene rings is 1. The molecule has 0 spiro atoms. The standard InChI is InChI=1S/C20H22N4OS/c1-14-7-8-18(15(2)11-14)24-19(16-5-3-9-21-12-16)22-23-20(24)26-13-17-6-4-10-25-17/h3,5,7-9,11-12,17H,4,6,10,13H2,1-2H3. The van der Waals surface area contributed by atoms with Crippen LogP contribution in [0.2, 0.25) is 0 Å². The normalized spacial score (nSPS) is 16.9. The lowest BCUT2D eigenvalue weighted by Crippen LogP contribution is -2.09. The van der Waals surface area contributed by atoms with Gasteiger partial charge in [-0.15, -0.1) is 10.2 Å². The van der Waals surface area contributed by atoms with E-state index in [1.807, 2.05) is 18.3 Å². The summed E-state index contributed by atoms with van der Waals surface area (Å²) in [5, 5.41) is 9.86. The van der Waals surface area contributed by atoms with Gasteiger partial charge >= 0.3 is 0 Å². The van der Waals surface area contributed by atoms with Crippen LogP contribution in [0.1, 0.15) is 24.0 Å². The monoisotopic (exact) mass is 366 g/mol. The molecule has 1 aliphatic heterocycles. The SMILES string of the molecule is Cc1ccc(-n2c(SCC3CCCO3)nnc2-c2cccnc2)c(C)c1. The molecule has 1 aromatic carbocycles. The summed E-state index contributed by atoms with van der Waals surface area (Å²) < 4.78 is 7.91. The second-order valence-electron chi connectivity index (χ2n) is 6.62. The highest BCUT2D eigenvalue weighted by Gasteiger charge is 2.21. The lowest BCUT2D eigenvalue weighted by molar-refractivity contribution is 0.129. The van der Waals surface area contributed by atoms with Crippen LogP contribution < -0.4 is 0 Å². The fourth-order valence-electron chi connectivity index (χ4n) is 3.26.